The molecule has 4 aliphatic rings. The van der Waals surface area contributed by atoms with Crippen molar-refractivity contribution in [2.24, 2.45) is 0 Å². The Morgan fingerprint density at radius 2 is 0.697 bits per heavy atom. The average molecular weight is 1880 g/mol. The second-order valence-electron chi connectivity index (χ2n) is 27.4. The van der Waals surface area contributed by atoms with Crippen molar-refractivity contribution in [3.63, 3.8) is 0 Å². The minimum atomic E-state index is -4.84. The molecule has 9 aromatic carbocycles. The van der Waals surface area contributed by atoms with Crippen LogP contribution < -0.4 is 43.5 Å². The number of benzene rings is 9. The maximum absolute atomic E-state index is 12.8. The Bertz CT molecular complexity index is 4640. The van der Waals surface area contributed by atoms with Gasteiger partial charge in [-0.15, -0.1) is 124 Å². The standard InChI is InChI=1S/2C27H25F6NO4.C23H17F6NO2.C4H8O2.H10P8/c2*1-36-16-19(35)15-34-24(18-6-3-8-21(14-18)38-27(31,32)33)12-11-23-22(9-4-10-25(23)34)17-5-2-7-20(13-17)37-26(28,29)30;24-22(25,26)31-16-6-1-4-14(12-16)18-8-3-9-21-19(18)10-11-20(30-21)15-5-2-7-17(13-15)32-23(27,28)29;1-5-2-4-3-6-4;1-6(2)8(5)7(3)4/h2*2-10,13-14,19,24,35H,11-12,15-16H2,1H3;1-9,12-13,20,30H,10-11H2;4H,2-3H2,1H3;1-5H2/t19-,24+;19-,24-;;4-;/m00.1./s1. The lowest BCUT2D eigenvalue weighted by Gasteiger charge is -2.41. The lowest BCUT2D eigenvalue weighted by molar-refractivity contribution is -0.275. The first-order valence-corrected chi connectivity index (χ1v) is 50.3. The molecule has 11 atom stereocenters. The van der Waals surface area contributed by atoms with Gasteiger partial charge in [0.25, 0.3) is 0 Å². The summed E-state index contributed by atoms with van der Waals surface area (Å²) < 4.78 is 273. The van der Waals surface area contributed by atoms with Gasteiger partial charge >= 0.3 is 38.2 Å². The summed E-state index contributed by atoms with van der Waals surface area (Å²) in [7, 11) is 19.0. The van der Waals surface area contributed by atoms with E-state index in [0.717, 1.165) is 41.2 Å². The lowest BCUT2D eigenvalue weighted by Crippen LogP contribution is -2.40. The van der Waals surface area contributed by atoms with E-state index in [-0.39, 0.29) is 87.8 Å². The number of hydrogen-bond donors (Lipinski definition) is 3. The first-order chi connectivity index (χ1) is 57.4. The van der Waals surface area contributed by atoms with Crippen LogP contribution >= 0.6 is 65.6 Å². The van der Waals surface area contributed by atoms with Gasteiger partial charge in [0, 0.05) is 51.5 Å². The first-order valence-electron chi connectivity index (χ1n) is 36.8. The van der Waals surface area contributed by atoms with Gasteiger partial charge in [-0.1, -0.05) is 109 Å². The first kappa shape index (κ1) is 98.9. The molecule has 1 fully saturated rings. The van der Waals surface area contributed by atoms with Crippen LogP contribution in [0.3, 0.4) is 0 Å². The van der Waals surface area contributed by atoms with Crippen molar-refractivity contribution in [3.05, 3.63) is 234 Å². The highest BCUT2D eigenvalue weighted by Gasteiger charge is 2.39. The number of hydrogen-bond acceptors (Lipinski definition) is 15. The molecule has 3 N–H and O–H groups in total. The molecule has 0 bridgehead atoms. The largest absolute Gasteiger partial charge is 0.573 e. The Labute approximate surface area is 706 Å². The van der Waals surface area contributed by atoms with E-state index in [1.807, 2.05) is 34.1 Å². The summed E-state index contributed by atoms with van der Waals surface area (Å²) in [4.78, 5) is 3.77. The van der Waals surface area contributed by atoms with Gasteiger partial charge in [-0.05, 0) is 217 Å². The van der Waals surface area contributed by atoms with E-state index in [1.165, 1.54) is 123 Å². The second-order valence-corrected chi connectivity index (χ2v) is 55.5. The number of β-amino-alcohol motifs (C(OH)–C–C–N with tert-alkyl or cyclic N) is 2. The summed E-state index contributed by atoms with van der Waals surface area (Å²) in [6.07, 6.45) is -27.2. The van der Waals surface area contributed by atoms with Crippen molar-refractivity contribution in [1.29, 1.82) is 0 Å². The molecule has 662 valence electrons. The zero-order chi connectivity index (χ0) is 89.1. The van der Waals surface area contributed by atoms with E-state index in [1.54, 1.807) is 73.8 Å². The molecule has 0 spiro atoms. The summed E-state index contributed by atoms with van der Waals surface area (Å²) in [6.45, 7) is 2.44. The van der Waals surface area contributed by atoms with Crippen LogP contribution in [0.15, 0.2) is 200 Å². The smallest absolute Gasteiger partial charge is 0.406 e. The molecule has 0 amide bonds. The molecule has 0 aromatic heterocycles. The molecular weight excluding hydrogens is 1800 g/mol. The summed E-state index contributed by atoms with van der Waals surface area (Å²) in [5.74, 6) is -2.01. The van der Waals surface area contributed by atoms with Gasteiger partial charge in [-0.2, -0.15) is 0 Å². The van der Waals surface area contributed by atoms with Crippen LogP contribution in [-0.2, 0) is 38.2 Å². The summed E-state index contributed by atoms with van der Waals surface area (Å²) in [5, 5.41) is 24.5. The Kier molecular flexibility index (Phi) is 36.1. The summed E-state index contributed by atoms with van der Waals surface area (Å²) in [6, 6.07) is 49.3. The topological polar surface area (TPSA) is 155 Å². The Morgan fingerprint density at radius 1 is 0.393 bits per heavy atom. The zero-order valence-electron chi connectivity index (χ0n) is 64.9. The van der Waals surface area contributed by atoms with E-state index >= 15 is 0 Å². The van der Waals surface area contributed by atoms with Crippen LogP contribution in [0.4, 0.5) is 96.1 Å². The van der Waals surface area contributed by atoms with Crippen molar-refractivity contribution in [1.82, 2.24) is 0 Å². The van der Waals surface area contributed by atoms with Crippen molar-refractivity contribution < 1.29 is 137 Å². The van der Waals surface area contributed by atoms with Crippen LogP contribution in [0.5, 0.6) is 34.5 Å². The number of aliphatic hydroxyl groups is 2. The third-order valence-electron chi connectivity index (χ3n) is 18.5. The van der Waals surface area contributed by atoms with Crippen LogP contribution in [0.1, 0.15) is 70.8 Å². The third-order valence-corrected chi connectivity index (χ3v) is 56.4. The monoisotopic (exact) mass is 1880 g/mol. The number of epoxide rings is 1. The zero-order valence-corrected chi connectivity index (χ0v) is 73.4. The Balaban J connectivity index is 0.000000192. The predicted molar refractivity (Wildman–Crippen MR) is 453 cm³/mol. The molecule has 1 saturated heterocycles. The minimum absolute atomic E-state index is 0.0340. The van der Waals surface area contributed by atoms with Crippen LogP contribution in [0, 0.1) is 0 Å². The lowest BCUT2D eigenvalue weighted by atomic mass is 9.86. The fraction of sp³-hybridized carbons (Fsp3) is 0.333. The Hall–Kier alpha value is -6.88. The number of ether oxygens (including phenoxy) is 10. The van der Waals surface area contributed by atoms with E-state index < -0.39 is 62.5 Å². The molecule has 13 rings (SSSR count). The highest BCUT2D eigenvalue weighted by molar-refractivity contribution is 9.06. The van der Waals surface area contributed by atoms with Gasteiger partial charge in [-0.3, -0.25) is 0 Å². The van der Waals surface area contributed by atoms with Gasteiger partial charge in [0.1, 0.15) is 40.6 Å². The number of fused-ring (bicyclic) bond motifs is 3. The minimum Gasteiger partial charge on any atom is -0.406 e. The van der Waals surface area contributed by atoms with Gasteiger partial charge in [0.2, 0.25) is 0 Å². The summed E-state index contributed by atoms with van der Waals surface area (Å²) in [5.41, 5.74) is 10.3. The summed E-state index contributed by atoms with van der Waals surface area (Å²) >= 11 is 0. The maximum atomic E-state index is 12.8. The molecule has 0 radical (unpaired) electrons. The van der Waals surface area contributed by atoms with Crippen LogP contribution in [-0.4, -0.2) is 128 Å². The quantitative estimate of drug-likeness (QED) is 0.0298. The van der Waals surface area contributed by atoms with Crippen molar-refractivity contribution in [3.8, 4) is 67.9 Å². The number of aliphatic hydroxyl groups excluding tert-OH is 2. The van der Waals surface area contributed by atoms with E-state index in [2.05, 4.69) is 78.4 Å². The van der Waals surface area contributed by atoms with Gasteiger partial charge in [0.05, 0.1) is 56.8 Å². The van der Waals surface area contributed by atoms with Crippen molar-refractivity contribution >= 4 is 82.7 Å². The number of nitrogens with one attached hydrogen (secondary N) is 1. The fourth-order valence-corrected chi connectivity index (χ4v) is 42.8. The number of halogens is 18. The number of alkyl halides is 18. The molecule has 9 aromatic rings. The molecule has 4 heterocycles. The molecule has 4 aliphatic heterocycles. The molecular formula is C81H85F18N3O12P8. The number of anilines is 3. The predicted octanol–water partition coefficient (Wildman–Crippen LogP) is 24.8. The molecule has 15 nitrogen and oxygen atoms in total. The van der Waals surface area contributed by atoms with Gasteiger partial charge in [0.15, 0.2) is 0 Å². The normalized spacial score (nSPS) is 16.9. The molecule has 6 unspecified atom stereocenters. The number of rotatable bonds is 24. The Morgan fingerprint density at radius 3 is 1.01 bits per heavy atom. The third kappa shape index (κ3) is 31.6. The average Bonchev–Trinajstić information content (AvgIpc) is 1.01. The number of methoxy groups -OCH3 is 3. The van der Waals surface area contributed by atoms with E-state index in [0.29, 0.717) is 101 Å². The SMILES string of the molecule is COC[C@@H](O)CN1c2cccc(-c3cccc(OC(F)(F)F)c3)c2CC[C@@H]1c1cccc(OC(F)(F)F)c1.COC[C@@H](O)CN1c2cccc(-c3cccc(OC(F)(F)F)c3)c2CC[C@H]1c1cccc(OC(F)(F)F)c1.COC[C@@H]1CO1.FC(F)(F)Oc1cccc(-c2cccc3c2CCC(c2cccc(OC(F)(F)F)c2)N3)c1.PP(P)P(P)P(P)P. The van der Waals surface area contributed by atoms with Gasteiger partial charge < -0.3 is 72.7 Å². The highest BCUT2D eigenvalue weighted by atomic mass is 33.1. The molecule has 122 heavy (non-hydrogen) atoms. The number of nitrogens with zero attached hydrogens (tertiary/aromatic N) is 2. The fourth-order valence-electron chi connectivity index (χ4n) is 13.9. The molecule has 0 saturated carbocycles. The molecule has 41 heteroatoms. The van der Waals surface area contributed by atoms with E-state index in [4.69, 9.17) is 18.9 Å². The van der Waals surface area contributed by atoms with Crippen molar-refractivity contribution in [2.75, 3.05) is 76.0 Å². The molecule has 0 aliphatic carbocycles. The maximum Gasteiger partial charge on any atom is 0.573 e. The van der Waals surface area contributed by atoms with Crippen molar-refractivity contribution in [2.45, 2.75) is 113 Å². The van der Waals surface area contributed by atoms with E-state index in [9.17, 15) is 89.2 Å². The van der Waals surface area contributed by atoms with Crippen LogP contribution in [0.25, 0.3) is 33.4 Å². The van der Waals surface area contributed by atoms with Gasteiger partial charge in [-0.25, -0.2) is 0 Å². The second kappa shape index (κ2) is 44.5. The highest BCUT2D eigenvalue weighted by Crippen LogP contribution is 3.00. The van der Waals surface area contributed by atoms with Crippen LogP contribution in [0.2, 0.25) is 0 Å².